The van der Waals surface area contributed by atoms with E-state index in [1.165, 1.54) is 5.69 Å². The van der Waals surface area contributed by atoms with Crippen molar-refractivity contribution < 1.29 is 9.90 Å². The van der Waals surface area contributed by atoms with E-state index in [2.05, 4.69) is 53.6 Å². The van der Waals surface area contributed by atoms with Crippen LogP contribution in [0.2, 0.25) is 0 Å². The summed E-state index contributed by atoms with van der Waals surface area (Å²) in [5, 5.41) is 16.3. The average molecular weight is 440 g/mol. The van der Waals surface area contributed by atoms with Crippen molar-refractivity contribution in [3.8, 4) is 11.1 Å². The first-order valence-electron chi connectivity index (χ1n) is 9.71. The molecule has 3 rings (SSSR count). The van der Waals surface area contributed by atoms with E-state index >= 15 is 0 Å². The van der Waals surface area contributed by atoms with Crippen LogP contribution in [0.3, 0.4) is 0 Å². The number of carbonyl (C=O) groups is 1. The summed E-state index contributed by atoms with van der Waals surface area (Å²) in [7, 11) is 0. The highest BCUT2D eigenvalue weighted by atomic mass is 35.5. The lowest BCUT2D eigenvalue weighted by atomic mass is 10.0. The molecule has 1 fully saturated rings. The van der Waals surface area contributed by atoms with Gasteiger partial charge in [-0.15, -0.1) is 24.8 Å². The molecular formula is C22H31Cl2N3O2. The Hall–Kier alpha value is -1.79. The molecule has 1 aliphatic rings. The number of nitrogens with one attached hydrogen (secondary N) is 2. The Morgan fingerprint density at radius 2 is 1.79 bits per heavy atom. The molecule has 0 bridgehead atoms. The molecule has 1 unspecified atom stereocenters. The van der Waals surface area contributed by atoms with E-state index in [1.54, 1.807) is 6.07 Å². The van der Waals surface area contributed by atoms with Crippen LogP contribution in [0.5, 0.6) is 0 Å². The van der Waals surface area contributed by atoms with Crippen molar-refractivity contribution in [3.63, 3.8) is 0 Å². The highest BCUT2D eigenvalue weighted by Crippen LogP contribution is 2.24. The van der Waals surface area contributed by atoms with Gasteiger partial charge >= 0.3 is 0 Å². The Bertz CT molecular complexity index is 774. The Kier molecular flexibility index (Phi) is 9.93. The summed E-state index contributed by atoms with van der Waals surface area (Å²) in [6, 6.07) is 16.1. The lowest BCUT2D eigenvalue weighted by Gasteiger charge is -2.21. The second kappa shape index (κ2) is 11.4. The molecule has 2 aromatic carbocycles. The van der Waals surface area contributed by atoms with Crippen LogP contribution >= 0.6 is 24.8 Å². The number of anilines is 1. The molecule has 0 spiro atoms. The number of halogens is 2. The van der Waals surface area contributed by atoms with Gasteiger partial charge in [0.2, 0.25) is 0 Å². The quantitative estimate of drug-likeness (QED) is 0.617. The maximum atomic E-state index is 12.5. The summed E-state index contributed by atoms with van der Waals surface area (Å²) in [6.45, 7) is 7.83. The predicted octanol–water partition coefficient (Wildman–Crippen LogP) is 3.50. The number of benzene rings is 2. The van der Waals surface area contributed by atoms with E-state index in [4.69, 9.17) is 0 Å². The van der Waals surface area contributed by atoms with Crippen LogP contribution in [-0.2, 0) is 0 Å². The summed E-state index contributed by atoms with van der Waals surface area (Å²) in [5.41, 5.74) is 3.06. The van der Waals surface area contributed by atoms with Gasteiger partial charge in [-0.3, -0.25) is 4.79 Å². The fourth-order valence-corrected chi connectivity index (χ4v) is 3.52. The lowest BCUT2D eigenvalue weighted by molar-refractivity contribution is 0.0562. The molecule has 0 aliphatic carbocycles. The third kappa shape index (κ3) is 6.34. The second-order valence-corrected chi connectivity index (χ2v) is 7.13. The number of carbonyl (C=O) groups excluding carboxylic acids is 1. The number of rotatable bonds is 7. The molecule has 3 N–H and O–H groups in total. The molecule has 5 nitrogen and oxygen atoms in total. The van der Waals surface area contributed by atoms with Crippen LogP contribution in [-0.4, -0.2) is 49.3 Å². The number of nitrogens with zero attached hydrogens (tertiary/aromatic N) is 1. The van der Waals surface area contributed by atoms with E-state index in [1.807, 2.05) is 18.2 Å². The smallest absolute Gasteiger partial charge is 0.251 e. The number of aliphatic hydroxyl groups is 1. The monoisotopic (exact) mass is 439 g/mol. The van der Waals surface area contributed by atoms with Gasteiger partial charge in [-0.2, -0.15) is 0 Å². The maximum absolute atomic E-state index is 12.5. The summed E-state index contributed by atoms with van der Waals surface area (Å²) in [5.74, 6) is -0.156. The van der Waals surface area contributed by atoms with Gasteiger partial charge in [0, 0.05) is 37.4 Å². The molecule has 160 valence electrons. The van der Waals surface area contributed by atoms with Crippen LogP contribution < -0.4 is 15.5 Å². The first-order chi connectivity index (χ1) is 13.0. The highest BCUT2D eigenvalue weighted by Gasteiger charge is 2.31. The molecule has 0 radical (unpaired) electrons. The zero-order valence-electron chi connectivity index (χ0n) is 17.0. The SMILES string of the molecule is CCN(CC)c1ccc(-c2cccc(C(=O)NCC3(O)CCNC3)c2)cc1.Cl.Cl. The van der Waals surface area contributed by atoms with Gasteiger partial charge in [-0.05, 0) is 62.2 Å². The summed E-state index contributed by atoms with van der Waals surface area (Å²) >= 11 is 0. The van der Waals surface area contributed by atoms with Crippen LogP contribution in [0.4, 0.5) is 5.69 Å². The highest BCUT2D eigenvalue weighted by molar-refractivity contribution is 5.95. The number of β-amino-alcohol motifs (C(OH)–C–C–N with tert-alkyl or cyclic N) is 1. The van der Waals surface area contributed by atoms with Crippen molar-refractivity contribution >= 4 is 36.4 Å². The first-order valence-corrected chi connectivity index (χ1v) is 9.71. The van der Waals surface area contributed by atoms with Gasteiger partial charge in [-0.1, -0.05) is 24.3 Å². The minimum absolute atomic E-state index is 0. The lowest BCUT2D eigenvalue weighted by Crippen LogP contribution is -2.44. The molecule has 1 atom stereocenters. The van der Waals surface area contributed by atoms with E-state index in [0.29, 0.717) is 18.5 Å². The largest absolute Gasteiger partial charge is 0.387 e. The van der Waals surface area contributed by atoms with Gasteiger partial charge in [0.1, 0.15) is 0 Å². The van der Waals surface area contributed by atoms with E-state index in [-0.39, 0.29) is 37.3 Å². The fourth-order valence-electron chi connectivity index (χ4n) is 3.52. The second-order valence-electron chi connectivity index (χ2n) is 7.13. The van der Waals surface area contributed by atoms with E-state index < -0.39 is 5.60 Å². The van der Waals surface area contributed by atoms with Crippen LogP contribution in [0.15, 0.2) is 48.5 Å². The van der Waals surface area contributed by atoms with Crippen molar-refractivity contribution in [2.24, 2.45) is 0 Å². The van der Waals surface area contributed by atoms with E-state index in [0.717, 1.165) is 30.8 Å². The Morgan fingerprint density at radius 3 is 2.38 bits per heavy atom. The standard InChI is InChI=1S/C22H29N3O2.2ClH/c1-3-25(4-2)20-10-8-17(9-11-20)18-6-5-7-19(14-18)21(26)24-16-22(27)12-13-23-15-22;;/h5-11,14,23,27H,3-4,12-13,15-16H2,1-2H3,(H,24,26);2*1H. The van der Waals surface area contributed by atoms with Crippen LogP contribution in [0, 0.1) is 0 Å². The minimum atomic E-state index is -0.840. The summed E-state index contributed by atoms with van der Waals surface area (Å²) in [4.78, 5) is 14.8. The number of hydrogen-bond acceptors (Lipinski definition) is 4. The van der Waals surface area contributed by atoms with Gasteiger partial charge in [0.05, 0.1) is 5.60 Å². The molecule has 1 saturated heterocycles. The molecule has 0 saturated carbocycles. The summed E-state index contributed by atoms with van der Waals surface area (Å²) < 4.78 is 0. The predicted molar refractivity (Wildman–Crippen MR) is 125 cm³/mol. The van der Waals surface area contributed by atoms with Crippen molar-refractivity contribution in [2.75, 3.05) is 37.6 Å². The molecule has 29 heavy (non-hydrogen) atoms. The minimum Gasteiger partial charge on any atom is -0.387 e. The van der Waals surface area contributed by atoms with Crippen molar-refractivity contribution in [1.82, 2.24) is 10.6 Å². The fraction of sp³-hybridized carbons (Fsp3) is 0.409. The molecular weight excluding hydrogens is 409 g/mol. The van der Waals surface area contributed by atoms with Crippen molar-refractivity contribution in [1.29, 1.82) is 0 Å². The van der Waals surface area contributed by atoms with Crippen molar-refractivity contribution in [3.05, 3.63) is 54.1 Å². The van der Waals surface area contributed by atoms with E-state index in [9.17, 15) is 9.90 Å². The topological polar surface area (TPSA) is 64.6 Å². The van der Waals surface area contributed by atoms with Gasteiger partial charge in [0.15, 0.2) is 0 Å². The normalized spacial score (nSPS) is 17.8. The van der Waals surface area contributed by atoms with Crippen molar-refractivity contribution in [2.45, 2.75) is 25.9 Å². The average Bonchev–Trinajstić information content (AvgIpc) is 3.14. The Balaban J connectivity index is 0.00000210. The zero-order valence-corrected chi connectivity index (χ0v) is 18.6. The molecule has 7 heteroatoms. The van der Waals surface area contributed by atoms with Gasteiger partial charge < -0.3 is 20.6 Å². The molecule has 1 heterocycles. The zero-order chi connectivity index (χ0) is 19.3. The molecule has 2 aromatic rings. The van der Waals surface area contributed by atoms with Gasteiger partial charge in [0.25, 0.3) is 5.91 Å². The third-order valence-electron chi connectivity index (χ3n) is 5.25. The summed E-state index contributed by atoms with van der Waals surface area (Å²) in [6.07, 6.45) is 0.659. The third-order valence-corrected chi connectivity index (χ3v) is 5.25. The molecule has 1 aliphatic heterocycles. The van der Waals surface area contributed by atoms with Crippen LogP contribution in [0.1, 0.15) is 30.6 Å². The number of hydrogen-bond donors (Lipinski definition) is 3. The Morgan fingerprint density at radius 1 is 1.10 bits per heavy atom. The Labute approximate surface area is 185 Å². The number of amides is 1. The van der Waals surface area contributed by atoms with Crippen LogP contribution in [0.25, 0.3) is 11.1 Å². The first kappa shape index (κ1) is 25.2. The molecule has 1 amide bonds. The van der Waals surface area contributed by atoms with Gasteiger partial charge in [-0.25, -0.2) is 0 Å². The maximum Gasteiger partial charge on any atom is 0.251 e. The molecule has 0 aromatic heterocycles.